The molecular weight excluding hydrogens is 429 g/mol. The van der Waals surface area contributed by atoms with E-state index in [4.69, 9.17) is 0 Å². The molecule has 10 heteroatoms. The second-order valence-electron chi connectivity index (χ2n) is 7.48. The minimum atomic E-state index is -0.263. The molecule has 0 radical (unpaired) electrons. The van der Waals surface area contributed by atoms with Gasteiger partial charge in [0.15, 0.2) is 5.82 Å². The number of thiazole rings is 1. The quantitative estimate of drug-likeness (QED) is 0.467. The molecule has 4 heterocycles. The number of nitrogens with zero attached hydrogens (tertiary/aromatic N) is 6. The van der Waals surface area contributed by atoms with Gasteiger partial charge in [-0.2, -0.15) is 5.10 Å². The van der Waals surface area contributed by atoms with Crippen LogP contribution in [0.2, 0.25) is 0 Å². The van der Waals surface area contributed by atoms with E-state index in [1.165, 1.54) is 29.8 Å². The maximum atomic E-state index is 13.1. The van der Waals surface area contributed by atoms with Crippen LogP contribution in [0.1, 0.15) is 5.69 Å². The number of amides is 1. The highest BCUT2D eigenvalue weighted by molar-refractivity contribution is 7.13. The average Bonchev–Trinajstić information content (AvgIpc) is 3.46. The van der Waals surface area contributed by atoms with Crippen molar-refractivity contribution < 1.29 is 9.18 Å². The van der Waals surface area contributed by atoms with Gasteiger partial charge in [0.2, 0.25) is 5.91 Å². The summed E-state index contributed by atoms with van der Waals surface area (Å²) in [6, 6.07) is 10.00. The summed E-state index contributed by atoms with van der Waals surface area (Å²) < 4.78 is 14.8. The van der Waals surface area contributed by atoms with Gasteiger partial charge in [-0.05, 0) is 30.3 Å². The normalized spacial score (nSPS) is 13.7. The summed E-state index contributed by atoms with van der Waals surface area (Å²) in [5.41, 5.74) is 1.80. The Balaban J connectivity index is 1.09. The van der Waals surface area contributed by atoms with Crippen molar-refractivity contribution in [3.63, 3.8) is 0 Å². The Morgan fingerprint density at radius 3 is 2.78 bits per heavy atom. The molecule has 5 rings (SSSR count). The Labute approximate surface area is 187 Å². The highest BCUT2D eigenvalue weighted by atomic mass is 32.1. The topological polar surface area (TPSA) is 88.8 Å². The standard InChI is InChI=1S/C22H20FN7OS/c23-17-4-2-15(3-5-17)22-28-18(13-32-22)6-8-24-21(31)16-11-29(12-16)19-10-20(26-14-25-19)30-9-1-7-27-30/h1-5,7,9-10,13-14,16H,6,8,11-12H2,(H,24,31). The molecule has 3 aromatic heterocycles. The lowest BCUT2D eigenvalue weighted by Gasteiger charge is -2.39. The minimum Gasteiger partial charge on any atom is -0.355 e. The number of carbonyl (C=O) groups excluding carboxylic acids is 1. The number of benzene rings is 1. The van der Waals surface area contributed by atoms with E-state index >= 15 is 0 Å². The van der Waals surface area contributed by atoms with Gasteiger partial charge < -0.3 is 10.2 Å². The molecule has 162 valence electrons. The smallest absolute Gasteiger partial charge is 0.226 e. The van der Waals surface area contributed by atoms with E-state index in [9.17, 15) is 9.18 Å². The van der Waals surface area contributed by atoms with E-state index in [0.717, 1.165) is 22.1 Å². The third-order valence-corrected chi connectivity index (χ3v) is 6.22. The van der Waals surface area contributed by atoms with Crippen LogP contribution in [0.15, 0.2) is 60.5 Å². The second-order valence-corrected chi connectivity index (χ2v) is 8.34. The number of carbonyl (C=O) groups is 1. The fourth-order valence-corrected chi connectivity index (χ4v) is 4.34. The second kappa shape index (κ2) is 8.83. The van der Waals surface area contributed by atoms with E-state index in [2.05, 4.69) is 25.4 Å². The summed E-state index contributed by atoms with van der Waals surface area (Å²) in [5, 5.41) is 10.00. The maximum absolute atomic E-state index is 13.1. The number of rotatable bonds is 7. The fourth-order valence-electron chi connectivity index (χ4n) is 3.48. The van der Waals surface area contributed by atoms with Crippen LogP contribution in [-0.4, -0.2) is 50.3 Å². The van der Waals surface area contributed by atoms with Gasteiger partial charge in [-0.1, -0.05) is 0 Å². The number of aromatic nitrogens is 5. The summed E-state index contributed by atoms with van der Waals surface area (Å²) >= 11 is 1.52. The van der Waals surface area contributed by atoms with Crippen molar-refractivity contribution in [1.29, 1.82) is 0 Å². The van der Waals surface area contributed by atoms with Crippen LogP contribution in [-0.2, 0) is 11.2 Å². The molecule has 1 saturated heterocycles. The number of anilines is 1. The molecule has 0 atom stereocenters. The van der Waals surface area contributed by atoms with Crippen molar-refractivity contribution in [3.8, 4) is 16.4 Å². The van der Waals surface area contributed by atoms with Gasteiger partial charge in [0, 0.05) is 55.5 Å². The Kier molecular flexibility index (Phi) is 5.59. The lowest BCUT2D eigenvalue weighted by molar-refractivity contribution is -0.125. The molecule has 0 aliphatic carbocycles. The van der Waals surface area contributed by atoms with Crippen LogP contribution in [0, 0.1) is 11.7 Å². The molecule has 0 bridgehead atoms. The van der Waals surface area contributed by atoms with Gasteiger partial charge in [0.25, 0.3) is 0 Å². The van der Waals surface area contributed by atoms with Crippen LogP contribution in [0.3, 0.4) is 0 Å². The Morgan fingerprint density at radius 2 is 2.00 bits per heavy atom. The molecule has 32 heavy (non-hydrogen) atoms. The average molecular weight is 450 g/mol. The van der Waals surface area contributed by atoms with Crippen molar-refractivity contribution in [2.75, 3.05) is 24.5 Å². The zero-order valence-corrected chi connectivity index (χ0v) is 17.9. The zero-order chi connectivity index (χ0) is 21.9. The third-order valence-electron chi connectivity index (χ3n) is 5.28. The number of nitrogens with one attached hydrogen (secondary N) is 1. The first-order chi connectivity index (χ1) is 15.7. The monoisotopic (exact) mass is 449 g/mol. The highest BCUT2D eigenvalue weighted by Gasteiger charge is 2.33. The molecule has 1 N–H and O–H groups in total. The van der Waals surface area contributed by atoms with Crippen LogP contribution in [0.4, 0.5) is 10.2 Å². The Morgan fingerprint density at radius 1 is 1.19 bits per heavy atom. The van der Waals surface area contributed by atoms with E-state index in [0.29, 0.717) is 31.9 Å². The zero-order valence-electron chi connectivity index (χ0n) is 17.1. The van der Waals surface area contributed by atoms with Crippen LogP contribution >= 0.6 is 11.3 Å². The first kappa shape index (κ1) is 20.3. The molecule has 4 aromatic rings. The third kappa shape index (κ3) is 4.35. The van der Waals surface area contributed by atoms with E-state index < -0.39 is 0 Å². The van der Waals surface area contributed by atoms with Gasteiger partial charge in [-0.15, -0.1) is 11.3 Å². The number of halogens is 1. The van der Waals surface area contributed by atoms with E-state index in [1.54, 1.807) is 23.0 Å². The number of hydrogen-bond donors (Lipinski definition) is 1. The Hall–Kier alpha value is -3.66. The largest absolute Gasteiger partial charge is 0.355 e. The maximum Gasteiger partial charge on any atom is 0.226 e. The van der Waals surface area contributed by atoms with Crippen molar-refractivity contribution in [2.45, 2.75) is 6.42 Å². The van der Waals surface area contributed by atoms with Crippen molar-refractivity contribution >= 4 is 23.1 Å². The van der Waals surface area contributed by atoms with Crippen molar-refractivity contribution in [3.05, 3.63) is 72.0 Å². The van der Waals surface area contributed by atoms with Crippen molar-refractivity contribution in [1.82, 2.24) is 30.0 Å². The van der Waals surface area contributed by atoms with Gasteiger partial charge in [-0.25, -0.2) is 24.0 Å². The van der Waals surface area contributed by atoms with Crippen LogP contribution in [0.25, 0.3) is 16.4 Å². The highest BCUT2D eigenvalue weighted by Crippen LogP contribution is 2.25. The molecule has 1 fully saturated rings. The molecule has 8 nitrogen and oxygen atoms in total. The predicted octanol–water partition coefficient (Wildman–Crippen LogP) is 2.72. The van der Waals surface area contributed by atoms with Gasteiger partial charge in [-0.3, -0.25) is 4.79 Å². The van der Waals surface area contributed by atoms with Crippen molar-refractivity contribution in [2.24, 2.45) is 5.92 Å². The first-order valence-electron chi connectivity index (χ1n) is 10.2. The summed E-state index contributed by atoms with van der Waals surface area (Å²) in [7, 11) is 0. The summed E-state index contributed by atoms with van der Waals surface area (Å²) in [6.07, 6.45) is 5.68. The Bertz CT molecular complexity index is 1200. The van der Waals surface area contributed by atoms with E-state index in [-0.39, 0.29) is 17.6 Å². The minimum absolute atomic E-state index is 0.0385. The molecule has 1 aliphatic heterocycles. The number of hydrogen-bond acceptors (Lipinski definition) is 7. The molecular formula is C22H20FN7OS. The summed E-state index contributed by atoms with van der Waals surface area (Å²) in [5.74, 6) is 1.18. The predicted molar refractivity (Wildman–Crippen MR) is 119 cm³/mol. The van der Waals surface area contributed by atoms with Crippen LogP contribution in [0.5, 0.6) is 0 Å². The molecule has 1 aliphatic rings. The van der Waals surface area contributed by atoms with Gasteiger partial charge in [0.05, 0.1) is 11.6 Å². The lowest BCUT2D eigenvalue weighted by atomic mass is 9.99. The molecule has 1 amide bonds. The molecule has 0 saturated carbocycles. The first-order valence-corrected chi connectivity index (χ1v) is 11.1. The summed E-state index contributed by atoms with van der Waals surface area (Å²) in [6.45, 7) is 1.76. The lowest BCUT2D eigenvalue weighted by Crippen LogP contribution is -2.54. The van der Waals surface area contributed by atoms with Gasteiger partial charge >= 0.3 is 0 Å². The molecule has 0 unspecified atom stereocenters. The van der Waals surface area contributed by atoms with E-state index in [1.807, 2.05) is 28.6 Å². The van der Waals surface area contributed by atoms with Crippen LogP contribution < -0.4 is 10.2 Å². The summed E-state index contributed by atoms with van der Waals surface area (Å²) in [4.78, 5) is 27.6. The molecule has 1 aromatic carbocycles. The molecule has 0 spiro atoms. The van der Waals surface area contributed by atoms with Gasteiger partial charge in [0.1, 0.15) is 23.0 Å². The fraction of sp³-hybridized carbons (Fsp3) is 0.227. The SMILES string of the molecule is O=C(NCCc1csc(-c2ccc(F)cc2)n1)C1CN(c2cc(-n3cccn3)ncn2)C1.